The lowest BCUT2D eigenvalue weighted by Crippen LogP contribution is -1.80. The van der Waals surface area contributed by atoms with Gasteiger partial charge in [0, 0.05) is 0 Å². The van der Waals surface area contributed by atoms with E-state index < -0.39 is 0 Å². The van der Waals surface area contributed by atoms with Gasteiger partial charge in [0.05, 0.1) is 0 Å². The number of fused-ring (bicyclic) bond motifs is 3. The fourth-order valence-electron chi connectivity index (χ4n) is 2.96. The van der Waals surface area contributed by atoms with E-state index >= 15 is 0 Å². The monoisotopic (exact) mass is 322 g/mol. The molecule has 0 atom stereocenters. The van der Waals surface area contributed by atoms with E-state index in [1.54, 1.807) is 6.08 Å². The van der Waals surface area contributed by atoms with Crippen LogP contribution in [0.4, 0.5) is 0 Å². The molecule has 4 aromatic rings. The number of benzene rings is 4. The van der Waals surface area contributed by atoms with Crippen LogP contribution in [0, 0.1) is 0 Å². The average molecular weight is 322 g/mol. The van der Waals surface area contributed by atoms with E-state index in [0.717, 1.165) is 0 Å². The molecule has 0 fully saturated rings. The molecule has 0 nitrogen and oxygen atoms in total. The van der Waals surface area contributed by atoms with Crippen molar-refractivity contribution >= 4 is 21.5 Å². The fourth-order valence-corrected chi connectivity index (χ4v) is 2.96. The van der Waals surface area contributed by atoms with Crippen molar-refractivity contribution in [2.75, 3.05) is 0 Å². The predicted octanol–water partition coefficient (Wildman–Crippen LogP) is 7.41. The summed E-state index contributed by atoms with van der Waals surface area (Å²) in [5.74, 6) is 0. The highest BCUT2D eigenvalue weighted by molar-refractivity contribution is 6.08. The molecule has 0 radical (unpaired) electrons. The summed E-state index contributed by atoms with van der Waals surface area (Å²) in [4.78, 5) is 0. The van der Waals surface area contributed by atoms with Crippen LogP contribution < -0.4 is 0 Å². The Morgan fingerprint density at radius 3 is 2.04 bits per heavy atom. The Morgan fingerprint density at radius 2 is 1.32 bits per heavy atom. The molecule has 0 heteroatoms. The highest BCUT2D eigenvalue weighted by Gasteiger charge is 2.02. The van der Waals surface area contributed by atoms with Crippen LogP contribution in [0.25, 0.3) is 32.7 Å². The maximum atomic E-state index is 3.46. The number of hydrogen-bond donors (Lipinski definition) is 0. The topological polar surface area (TPSA) is 0 Å². The summed E-state index contributed by atoms with van der Waals surface area (Å²) in [6.07, 6.45) is 5.58. The van der Waals surface area contributed by atoms with E-state index in [4.69, 9.17) is 0 Å². The molecule has 25 heavy (non-hydrogen) atoms. The Morgan fingerprint density at radius 1 is 0.640 bits per heavy atom. The Balaban J connectivity index is 0.000000324. The zero-order valence-electron chi connectivity index (χ0n) is 14.5. The fraction of sp³-hybridized carbons (Fsp3) is 0.0400. The summed E-state index contributed by atoms with van der Waals surface area (Å²) in [5, 5.41) is 5.24. The molecule has 0 spiro atoms. The summed E-state index contributed by atoms with van der Waals surface area (Å²) >= 11 is 0. The minimum atomic E-state index is 1.27. The summed E-state index contributed by atoms with van der Waals surface area (Å²) in [7, 11) is 0. The lowest BCUT2D eigenvalue weighted by atomic mass is 9.97. The number of allylic oxidation sites excluding steroid dienone is 3. The SMILES string of the molecule is C=C/C=C\C.c1ccc(-c2ccc3c(ccc4ccccc43)c2)cc1. The maximum absolute atomic E-state index is 3.46. The molecule has 122 valence electrons. The first-order valence-corrected chi connectivity index (χ1v) is 8.54. The maximum Gasteiger partial charge on any atom is -0.0105 e. The normalized spacial score (nSPS) is 10.6. The highest BCUT2D eigenvalue weighted by atomic mass is 14.1. The minimum Gasteiger partial charge on any atom is -0.0991 e. The molecule has 4 rings (SSSR count). The van der Waals surface area contributed by atoms with Crippen molar-refractivity contribution in [2.45, 2.75) is 6.92 Å². The van der Waals surface area contributed by atoms with E-state index in [-0.39, 0.29) is 0 Å². The standard InChI is InChI=1S/C20H14.C5H8/c1-2-6-15(7-3-1)17-12-13-20-18(14-17)11-10-16-8-4-5-9-19(16)20;1-3-5-4-2/h1-14H;3-5H,1H2,2H3/b;5-4-. The van der Waals surface area contributed by atoms with Crippen molar-refractivity contribution in [1.82, 2.24) is 0 Å². The summed E-state index contributed by atoms with van der Waals surface area (Å²) in [5.41, 5.74) is 2.54. The van der Waals surface area contributed by atoms with Crippen LogP contribution >= 0.6 is 0 Å². The van der Waals surface area contributed by atoms with E-state index in [9.17, 15) is 0 Å². The third-order valence-electron chi connectivity index (χ3n) is 4.18. The van der Waals surface area contributed by atoms with Crippen molar-refractivity contribution in [1.29, 1.82) is 0 Å². The van der Waals surface area contributed by atoms with Crippen molar-refractivity contribution in [3.8, 4) is 11.1 Å². The van der Waals surface area contributed by atoms with Gasteiger partial charge in [0.15, 0.2) is 0 Å². The molecule has 0 aliphatic rings. The summed E-state index contributed by atoms with van der Waals surface area (Å²) in [6, 6.07) is 30.2. The van der Waals surface area contributed by atoms with Gasteiger partial charge >= 0.3 is 0 Å². The van der Waals surface area contributed by atoms with Gasteiger partial charge in [-0.1, -0.05) is 104 Å². The van der Waals surface area contributed by atoms with Crippen LogP contribution in [0.1, 0.15) is 6.92 Å². The molecule has 0 N–H and O–H groups in total. The van der Waals surface area contributed by atoms with Crippen LogP contribution in [-0.2, 0) is 0 Å². The smallest absolute Gasteiger partial charge is 0.0105 e. The van der Waals surface area contributed by atoms with Crippen LogP contribution in [0.2, 0.25) is 0 Å². The van der Waals surface area contributed by atoms with Crippen molar-refractivity contribution in [2.24, 2.45) is 0 Å². The van der Waals surface area contributed by atoms with E-state index in [1.807, 2.05) is 19.1 Å². The molecule has 0 saturated carbocycles. The Bertz CT molecular complexity index is 1010. The molecule has 0 aliphatic carbocycles. The molecule has 0 saturated heterocycles. The van der Waals surface area contributed by atoms with Crippen LogP contribution in [0.15, 0.2) is 110 Å². The summed E-state index contributed by atoms with van der Waals surface area (Å²) in [6.45, 7) is 5.42. The molecule has 0 unspecified atom stereocenters. The second-order valence-electron chi connectivity index (χ2n) is 5.85. The van der Waals surface area contributed by atoms with Gasteiger partial charge in [0.25, 0.3) is 0 Å². The van der Waals surface area contributed by atoms with E-state index in [1.165, 1.54) is 32.7 Å². The lowest BCUT2D eigenvalue weighted by Gasteiger charge is -2.07. The molecule has 0 aromatic heterocycles. The zero-order valence-corrected chi connectivity index (χ0v) is 14.5. The van der Waals surface area contributed by atoms with Crippen molar-refractivity contribution in [3.63, 3.8) is 0 Å². The van der Waals surface area contributed by atoms with Gasteiger partial charge in [-0.2, -0.15) is 0 Å². The first-order chi connectivity index (χ1) is 12.3. The molecule has 0 bridgehead atoms. The molecular weight excluding hydrogens is 300 g/mol. The van der Waals surface area contributed by atoms with Crippen LogP contribution in [0.5, 0.6) is 0 Å². The molecular formula is C25H22. The lowest BCUT2D eigenvalue weighted by molar-refractivity contribution is 1.65. The van der Waals surface area contributed by atoms with Crippen LogP contribution in [-0.4, -0.2) is 0 Å². The van der Waals surface area contributed by atoms with Gasteiger partial charge in [-0.15, -0.1) is 0 Å². The molecule has 0 amide bonds. The first kappa shape index (κ1) is 16.7. The van der Waals surface area contributed by atoms with Crippen molar-refractivity contribution in [3.05, 3.63) is 110 Å². The van der Waals surface area contributed by atoms with E-state index in [2.05, 4.69) is 91.5 Å². The largest absolute Gasteiger partial charge is 0.0991 e. The van der Waals surface area contributed by atoms with E-state index in [0.29, 0.717) is 0 Å². The Labute approximate surface area is 149 Å². The first-order valence-electron chi connectivity index (χ1n) is 8.54. The average Bonchev–Trinajstić information content (AvgIpc) is 2.69. The highest BCUT2D eigenvalue weighted by Crippen LogP contribution is 2.29. The Hall–Kier alpha value is -3.12. The van der Waals surface area contributed by atoms with Gasteiger partial charge in [0.1, 0.15) is 0 Å². The second kappa shape index (κ2) is 8.12. The molecule has 4 aromatic carbocycles. The third-order valence-corrected chi connectivity index (χ3v) is 4.18. The minimum absolute atomic E-state index is 1.27. The number of rotatable bonds is 2. The third kappa shape index (κ3) is 3.87. The zero-order chi connectivity index (χ0) is 17.5. The van der Waals surface area contributed by atoms with Gasteiger partial charge < -0.3 is 0 Å². The quantitative estimate of drug-likeness (QED) is 0.266. The number of hydrogen-bond acceptors (Lipinski definition) is 0. The van der Waals surface area contributed by atoms with Gasteiger partial charge in [-0.3, -0.25) is 0 Å². The van der Waals surface area contributed by atoms with Gasteiger partial charge in [0.2, 0.25) is 0 Å². The van der Waals surface area contributed by atoms with Crippen molar-refractivity contribution < 1.29 is 0 Å². The van der Waals surface area contributed by atoms with Gasteiger partial charge in [-0.05, 0) is 45.7 Å². The molecule has 0 aliphatic heterocycles. The molecule has 0 heterocycles. The van der Waals surface area contributed by atoms with Gasteiger partial charge in [-0.25, -0.2) is 0 Å². The summed E-state index contributed by atoms with van der Waals surface area (Å²) < 4.78 is 0. The van der Waals surface area contributed by atoms with Crippen LogP contribution in [0.3, 0.4) is 0 Å². The Kier molecular flexibility index (Phi) is 5.43. The predicted molar refractivity (Wildman–Crippen MR) is 112 cm³/mol. The second-order valence-corrected chi connectivity index (χ2v) is 5.85.